The van der Waals surface area contributed by atoms with Gasteiger partial charge in [-0.25, -0.2) is 9.78 Å². The average molecular weight is 380 g/mol. The molecule has 2 aromatic carbocycles. The molecule has 3 rings (SSSR count). The second kappa shape index (κ2) is 8.55. The first-order valence-electron chi connectivity index (χ1n) is 8.43. The van der Waals surface area contributed by atoms with Crippen LogP contribution in [0.5, 0.6) is 0 Å². The van der Waals surface area contributed by atoms with Crippen molar-refractivity contribution >= 4 is 29.4 Å². The number of hydrogen-bond donors (Lipinski definition) is 3. The lowest BCUT2D eigenvalue weighted by atomic mass is 10.1. The third-order valence-electron chi connectivity index (χ3n) is 4.08. The number of aryl methyl sites for hydroxylation is 1. The van der Waals surface area contributed by atoms with Crippen LogP contribution in [0.3, 0.4) is 0 Å². The number of nitrogens with one attached hydrogen (secondary N) is 3. The van der Waals surface area contributed by atoms with E-state index in [9.17, 15) is 9.59 Å². The van der Waals surface area contributed by atoms with Crippen molar-refractivity contribution in [2.45, 2.75) is 19.0 Å². The van der Waals surface area contributed by atoms with Crippen LogP contribution in [0.1, 0.15) is 11.1 Å². The van der Waals surface area contributed by atoms with Crippen molar-refractivity contribution in [1.82, 2.24) is 15.3 Å². The normalized spacial score (nSPS) is 10.4. The molecule has 0 radical (unpaired) electrons. The number of benzene rings is 2. The molecule has 0 unspecified atom stereocenters. The van der Waals surface area contributed by atoms with E-state index in [2.05, 4.69) is 20.6 Å². The molecule has 3 amide bonds. The Morgan fingerprint density at radius 3 is 2.63 bits per heavy atom. The van der Waals surface area contributed by atoms with Crippen LogP contribution in [-0.2, 0) is 4.79 Å². The maximum absolute atomic E-state index is 12.0. The number of nitrogens with zero attached hydrogens (tertiary/aromatic N) is 1. The highest BCUT2D eigenvalue weighted by atomic mass is 32.2. The second-order valence-electron chi connectivity index (χ2n) is 6.01. The van der Waals surface area contributed by atoms with Crippen LogP contribution >= 0.6 is 11.8 Å². The van der Waals surface area contributed by atoms with Gasteiger partial charge in [-0.3, -0.25) is 10.1 Å². The number of imide groups is 1. The van der Waals surface area contributed by atoms with E-state index in [1.54, 1.807) is 12.3 Å². The number of amides is 3. The molecule has 3 N–H and O–H groups in total. The smallest absolute Gasteiger partial charge is 0.325 e. The van der Waals surface area contributed by atoms with Crippen molar-refractivity contribution in [3.05, 3.63) is 65.9 Å². The van der Waals surface area contributed by atoms with Crippen LogP contribution in [0.2, 0.25) is 0 Å². The minimum Gasteiger partial charge on any atom is -0.333 e. The van der Waals surface area contributed by atoms with Crippen LogP contribution in [0, 0.1) is 13.8 Å². The van der Waals surface area contributed by atoms with Gasteiger partial charge >= 0.3 is 6.03 Å². The van der Waals surface area contributed by atoms with E-state index in [0.717, 1.165) is 22.4 Å². The zero-order valence-electron chi connectivity index (χ0n) is 15.1. The summed E-state index contributed by atoms with van der Waals surface area (Å²) in [6.45, 7) is 3.89. The predicted molar refractivity (Wildman–Crippen MR) is 108 cm³/mol. The molecule has 3 aromatic rings. The van der Waals surface area contributed by atoms with Gasteiger partial charge in [0, 0.05) is 5.69 Å². The fourth-order valence-corrected chi connectivity index (χ4v) is 3.13. The van der Waals surface area contributed by atoms with Crippen LogP contribution in [-0.4, -0.2) is 27.7 Å². The molecule has 7 heteroatoms. The van der Waals surface area contributed by atoms with Crippen molar-refractivity contribution in [1.29, 1.82) is 0 Å². The molecule has 0 aliphatic heterocycles. The summed E-state index contributed by atoms with van der Waals surface area (Å²) in [5.41, 5.74) is 4.63. The molecule has 1 aromatic heterocycles. The predicted octanol–water partition coefficient (Wildman–Crippen LogP) is 4.13. The number of hydrogen-bond acceptors (Lipinski definition) is 4. The van der Waals surface area contributed by atoms with Gasteiger partial charge in [0.1, 0.15) is 0 Å². The summed E-state index contributed by atoms with van der Waals surface area (Å²) < 4.78 is 0. The molecule has 6 nitrogen and oxygen atoms in total. The first kappa shape index (κ1) is 18.7. The Balaban J connectivity index is 1.50. The molecule has 0 bridgehead atoms. The molecule has 0 spiro atoms. The van der Waals surface area contributed by atoms with Crippen LogP contribution in [0.25, 0.3) is 11.3 Å². The average Bonchev–Trinajstić information content (AvgIpc) is 3.14. The summed E-state index contributed by atoms with van der Waals surface area (Å²) in [5, 5.41) is 5.66. The Kier molecular flexibility index (Phi) is 5.93. The number of H-pyrrole nitrogens is 1. The van der Waals surface area contributed by atoms with E-state index in [1.807, 2.05) is 56.3 Å². The Morgan fingerprint density at radius 1 is 1.07 bits per heavy atom. The number of aromatic nitrogens is 2. The quantitative estimate of drug-likeness (QED) is 0.581. The number of carbonyl (C=O) groups is 2. The molecular formula is C20H20N4O2S. The fourth-order valence-electron chi connectivity index (χ4n) is 2.48. The Hall–Kier alpha value is -3.06. The van der Waals surface area contributed by atoms with Gasteiger partial charge in [0.2, 0.25) is 5.91 Å². The second-order valence-corrected chi connectivity index (χ2v) is 6.97. The zero-order chi connectivity index (χ0) is 19.2. The highest BCUT2D eigenvalue weighted by molar-refractivity contribution is 7.99. The monoisotopic (exact) mass is 380 g/mol. The number of urea groups is 1. The van der Waals surface area contributed by atoms with E-state index in [4.69, 9.17) is 0 Å². The zero-order valence-corrected chi connectivity index (χ0v) is 15.9. The van der Waals surface area contributed by atoms with Gasteiger partial charge in [-0.1, -0.05) is 54.2 Å². The number of thioether (sulfide) groups is 1. The van der Waals surface area contributed by atoms with Crippen LogP contribution in [0.4, 0.5) is 10.5 Å². The minimum absolute atomic E-state index is 0.0853. The first-order valence-corrected chi connectivity index (χ1v) is 9.42. The van der Waals surface area contributed by atoms with E-state index < -0.39 is 6.03 Å². The van der Waals surface area contributed by atoms with Gasteiger partial charge in [0.15, 0.2) is 5.16 Å². The first-order chi connectivity index (χ1) is 13.0. The Bertz CT molecular complexity index is 954. The minimum atomic E-state index is -0.543. The van der Waals surface area contributed by atoms with Crippen molar-refractivity contribution in [2.24, 2.45) is 0 Å². The highest BCUT2D eigenvalue weighted by Gasteiger charge is 2.11. The summed E-state index contributed by atoms with van der Waals surface area (Å²) >= 11 is 1.24. The number of rotatable bonds is 5. The standard InChI is InChI=1S/C20H20N4O2S/c1-13-7-6-10-16(14(13)2)22-19(26)24-18(25)12-27-20-21-11-17(23-20)15-8-4-3-5-9-15/h3-11H,12H2,1-2H3,(H,21,23)(H2,22,24,25,26). The number of carbonyl (C=O) groups excluding carboxylic acids is 2. The van der Waals surface area contributed by atoms with Crippen molar-refractivity contribution < 1.29 is 9.59 Å². The lowest BCUT2D eigenvalue weighted by molar-refractivity contribution is -0.117. The number of aromatic amines is 1. The molecule has 27 heavy (non-hydrogen) atoms. The fraction of sp³-hybridized carbons (Fsp3) is 0.150. The summed E-state index contributed by atoms with van der Waals surface area (Å²) in [4.78, 5) is 31.4. The van der Waals surface area contributed by atoms with E-state index in [1.165, 1.54) is 11.8 Å². The summed E-state index contributed by atoms with van der Waals surface area (Å²) in [6.07, 6.45) is 1.72. The van der Waals surface area contributed by atoms with Crippen molar-refractivity contribution in [3.63, 3.8) is 0 Å². The number of imidazole rings is 1. The molecule has 0 saturated carbocycles. The van der Waals surface area contributed by atoms with Gasteiger partial charge in [0.25, 0.3) is 0 Å². The van der Waals surface area contributed by atoms with Gasteiger partial charge in [0.05, 0.1) is 17.6 Å². The van der Waals surface area contributed by atoms with Gasteiger partial charge in [-0.05, 0) is 36.6 Å². The summed E-state index contributed by atoms with van der Waals surface area (Å²) in [6, 6.07) is 14.9. The topological polar surface area (TPSA) is 86.9 Å². The van der Waals surface area contributed by atoms with Gasteiger partial charge in [-0.15, -0.1) is 0 Å². The molecule has 1 heterocycles. The lowest BCUT2D eigenvalue weighted by Crippen LogP contribution is -2.35. The molecule has 0 aliphatic carbocycles. The molecular weight excluding hydrogens is 360 g/mol. The van der Waals surface area contributed by atoms with E-state index >= 15 is 0 Å². The highest BCUT2D eigenvalue weighted by Crippen LogP contribution is 2.21. The molecule has 0 aliphatic rings. The van der Waals surface area contributed by atoms with E-state index in [-0.39, 0.29) is 11.7 Å². The van der Waals surface area contributed by atoms with Crippen LogP contribution < -0.4 is 10.6 Å². The van der Waals surface area contributed by atoms with Crippen molar-refractivity contribution in [3.8, 4) is 11.3 Å². The number of anilines is 1. The molecule has 0 saturated heterocycles. The molecule has 0 fully saturated rings. The Labute approximate surface area is 161 Å². The largest absolute Gasteiger partial charge is 0.333 e. The van der Waals surface area contributed by atoms with Crippen molar-refractivity contribution in [2.75, 3.05) is 11.1 Å². The van der Waals surface area contributed by atoms with Gasteiger partial charge < -0.3 is 10.3 Å². The van der Waals surface area contributed by atoms with Gasteiger partial charge in [-0.2, -0.15) is 0 Å². The lowest BCUT2D eigenvalue weighted by Gasteiger charge is -2.10. The summed E-state index contributed by atoms with van der Waals surface area (Å²) in [7, 11) is 0. The molecule has 138 valence electrons. The van der Waals surface area contributed by atoms with Crippen LogP contribution in [0.15, 0.2) is 59.9 Å². The SMILES string of the molecule is Cc1cccc(NC(=O)NC(=O)CSc2ncc(-c3ccccc3)[nH]2)c1C. The third kappa shape index (κ3) is 4.98. The molecule has 0 atom stereocenters. The van der Waals surface area contributed by atoms with E-state index in [0.29, 0.717) is 10.8 Å². The maximum Gasteiger partial charge on any atom is 0.325 e. The third-order valence-corrected chi connectivity index (χ3v) is 4.97. The Morgan fingerprint density at radius 2 is 1.85 bits per heavy atom. The maximum atomic E-state index is 12.0. The summed E-state index contributed by atoms with van der Waals surface area (Å²) in [5.74, 6) is -0.303.